The molecule has 7 aromatic rings. The zero-order valence-electron chi connectivity index (χ0n) is 35.6. The SMILES string of the molecule is CCCCc1ccc(N(c2ccc(-c3ccc(-c4ccc(N(c5ccc(CCCC)cc5)c5c(C)cccc5CC)cc4)cc3)cc2)c2c(C)cccc2CC)cc1. The summed E-state index contributed by atoms with van der Waals surface area (Å²) < 4.78 is 0. The first-order valence-electron chi connectivity index (χ1n) is 21.7. The number of nitrogens with zero attached hydrogens (tertiary/aromatic N) is 2. The summed E-state index contributed by atoms with van der Waals surface area (Å²) in [5, 5.41) is 0. The van der Waals surface area contributed by atoms with Crippen LogP contribution < -0.4 is 9.80 Å². The molecule has 0 atom stereocenters. The quantitative estimate of drug-likeness (QED) is 0.0968. The predicted octanol–water partition coefficient (Wildman–Crippen LogP) is 16.4. The number of benzene rings is 7. The Labute approximate surface area is 348 Å². The second kappa shape index (κ2) is 19.1. The van der Waals surface area contributed by atoms with E-state index in [-0.39, 0.29) is 0 Å². The van der Waals surface area contributed by atoms with Crippen molar-refractivity contribution in [3.05, 3.63) is 191 Å². The first-order chi connectivity index (χ1) is 28.4. The highest BCUT2D eigenvalue weighted by molar-refractivity contribution is 5.84. The molecule has 0 amide bonds. The van der Waals surface area contributed by atoms with Gasteiger partial charge in [-0.2, -0.15) is 0 Å². The smallest absolute Gasteiger partial charge is 0.0522 e. The minimum Gasteiger partial charge on any atom is -0.310 e. The van der Waals surface area contributed by atoms with Crippen molar-refractivity contribution >= 4 is 34.1 Å². The number of unbranched alkanes of at least 4 members (excludes halogenated alkanes) is 2. The van der Waals surface area contributed by atoms with Gasteiger partial charge in [-0.05, 0) is 157 Å². The van der Waals surface area contributed by atoms with Crippen molar-refractivity contribution in [1.82, 2.24) is 0 Å². The molecule has 0 N–H and O–H groups in total. The summed E-state index contributed by atoms with van der Waals surface area (Å²) in [6, 6.07) is 59.0. The Hall–Kier alpha value is -5.86. The molecule has 7 rings (SSSR count). The van der Waals surface area contributed by atoms with Crippen LogP contribution in [0.3, 0.4) is 0 Å². The van der Waals surface area contributed by atoms with Crippen molar-refractivity contribution in [3.63, 3.8) is 0 Å². The zero-order chi connectivity index (χ0) is 40.4. The standard InChI is InChI=1S/C56H60N2/c1-7-11-17-43-21-33-51(34-22-43)57(55-41(5)15-13-19-45(55)9-3)53-37-29-49(30-38-53)47-25-27-48(28-26-47)50-31-39-54(40-32-50)58(56-42(6)16-14-20-46(56)10-4)52-35-23-44(24-36-52)18-12-8-2/h13-16,19-40H,7-12,17-18H2,1-6H3. The van der Waals surface area contributed by atoms with Gasteiger partial charge in [0.25, 0.3) is 0 Å². The molecule has 0 spiro atoms. The average molecular weight is 761 g/mol. The summed E-state index contributed by atoms with van der Waals surface area (Å²) in [4.78, 5) is 4.89. The third kappa shape index (κ3) is 8.98. The Kier molecular flexibility index (Phi) is 13.3. The first-order valence-corrected chi connectivity index (χ1v) is 21.7. The lowest BCUT2D eigenvalue weighted by Gasteiger charge is -2.29. The van der Waals surface area contributed by atoms with Gasteiger partial charge in [-0.15, -0.1) is 0 Å². The second-order valence-corrected chi connectivity index (χ2v) is 15.8. The van der Waals surface area contributed by atoms with Crippen molar-refractivity contribution in [2.45, 2.75) is 92.9 Å². The van der Waals surface area contributed by atoms with Crippen LogP contribution >= 0.6 is 0 Å². The molecule has 0 heterocycles. The maximum Gasteiger partial charge on any atom is 0.0522 e. The van der Waals surface area contributed by atoms with E-state index in [1.54, 1.807) is 0 Å². The van der Waals surface area contributed by atoms with Crippen LogP contribution in [0.25, 0.3) is 22.3 Å². The molecule has 2 heteroatoms. The molecule has 0 aliphatic heterocycles. The summed E-state index contributed by atoms with van der Waals surface area (Å²) in [6.07, 6.45) is 9.07. The Morgan fingerprint density at radius 3 is 0.931 bits per heavy atom. The molecule has 294 valence electrons. The van der Waals surface area contributed by atoms with Gasteiger partial charge in [0, 0.05) is 22.7 Å². The third-order valence-corrected chi connectivity index (χ3v) is 11.7. The molecule has 0 saturated carbocycles. The van der Waals surface area contributed by atoms with E-state index >= 15 is 0 Å². The second-order valence-electron chi connectivity index (χ2n) is 15.8. The maximum absolute atomic E-state index is 2.44. The molecule has 0 aliphatic rings. The fourth-order valence-electron chi connectivity index (χ4n) is 8.31. The number of rotatable bonds is 16. The van der Waals surface area contributed by atoms with E-state index in [2.05, 4.69) is 209 Å². The summed E-state index contributed by atoms with van der Waals surface area (Å²) in [5.74, 6) is 0. The summed E-state index contributed by atoms with van der Waals surface area (Å²) >= 11 is 0. The highest BCUT2D eigenvalue weighted by Crippen LogP contribution is 2.42. The molecule has 0 fully saturated rings. The number of aryl methyl sites for hydroxylation is 6. The maximum atomic E-state index is 2.44. The highest BCUT2D eigenvalue weighted by atomic mass is 15.2. The van der Waals surface area contributed by atoms with Crippen LogP contribution in [0.15, 0.2) is 158 Å². The molecule has 7 aromatic carbocycles. The largest absolute Gasteiger partial charge is 0.310 e. The van der Waals surface area contributed by atoms with Gasteiger partial charge in [0.15, 0.2) is 0 Å². The number of anilines is 6. The Morgan fingerprint density at radius 2 is 0.638 bits per heavy atom. The summed E-state index contributed by atoms with van der Waals surface area (Å²) in [5.41, 5.74) is 20.2. The number of hydrogen-bond acceptors (Lipinski definition) is 2. The minimum absolute atomic E-state index is 0.979. The van der Waals surface area contributed by atoms with Gasteiger partial charge < -0.3 is 9.80 Å². The van der Waals surface area contributed by atoms with Gasteiger partial charge >= 0.3 is 0 Å². The summed E-state index contributed by atoms with van der Waals surface area (Å²) in [6.45, 7) is 13.5. The van der Waals surface area contributed by atoms with Gasteiger partial charge in [-0.1, -0.05) is 150 Å². The van der Waals surface area contributed by atoms with Gasteiger partial charge in [0.2, 0.25) is 0 Å². The van der Waals surface area contributed by atoms with Crippen LogP contribution in [-0.4, -0.2) is 0 Å². The molecule has 0 saturated heterocycles. The zero-order valence-corrected chi connectivity index (χ0v) is 35.6. The molecule has 2 nitrogen and oxygen atoms in total. The van der Waals surface area contributed by atoms with Crippen molar-refractivity contribution in [2.24, 2.45) is 0 Å². The van der Waals surface area contributed by atoms with Crippen LogP contribution in [0, 0.1) is 13.8 Å². The van der Waals surface area contributed by atoms with Gasteiger partial charge in [-0.3, -0.25) is 0 Å². The molecule has 0 aromatic heterocycles. The van der Waals surface area contributed by atoms with Crippen LogP contribution in [-0.2, 0) is 25.7 Å². The van der Waals surface area contributed by atoms with Crippen molar-refractivity contribution in [2.75, 3.05) is 9.80 Å². The number of para-hydroxylation sites is 2. The monoisotopic (exact) mass is 760 g/mol. The van der Waals surface area contributed by atoms with E-state index in [1.165, 1.54) is 115 Å². The Bertz CT molecular complexity index is 2200. The fraction of sp³-hybridized carbons (Fsp3) is 0.250. The van der Waals surface area contributed by atoms with E-state index < -0.39 is 0 Å². The molecular weight excluding hydrogens is 701 g/mol. The van der Waals surface area contributed by atoms with Gasteiger partial charge in [0.1, 0.15) is 0 Å². The van der Waals surface area contributed by atoms with E-state index in [0.29, 0.717) is 0 Å². The van der Waals surface area contributed by atoms with Crippen molar-refractivity contribution in [3.8, 4) is 22.3 Å². The summed E-state index contributed by atoms with van der Waals surface area (Å²) in [7, 11) is 0. The number of hydrogen-bond donors (Lipinski definition) is 0. The minimum atomic E-state index is 0.979. The Balaban J connectivity index is 1.15. The van der Waals surface area contributed by atoms with E-state index in [9.17, 15) is 0 Å². The fourth-order valence-corrected chi connectivity index (χ4v) is 8.31. The van der Waals surface area contributed by atoms with Crippen molar-refractivity contribution in [1.29, 1.82) is 0 Å². The van der Waals surface area contributed by atoms with E-state index in [0.717, 1.165) is 25.7 Å². The topological polar surface area (TPSA) is 6.48 Å². The lowest BCUT2D eigenvalue weighted by molar-refractivity contribution is 0.795. The third-order valence-electron chi connectivity index (χ3n) is 11.7. The van der Waals surface area contributed by atoms with Crippen LogP contribution in [0.5, 0.6) is 0 Å². The molecule has 0 unspecified atom stereocenters. The van der Waals surface area contributed by atoms with Crippen LogP contribution in [0.4, 0.5) is 34.1 Å². The lowest BCUT2D eigenvalue weighted by atomic mass is 9.98. The molecule has 0 aliphatic carbocycles. The normalized spacial score (nSPS) is 11.1. The lowest BCUT2D eigenvalue weighted by Crippen LogP contribution is -2.13. The van der Waals surface area contributed by atoms with Gasteiger partial charge in [0.05, 0.1) is 11.4 Å². The first kappa shape index (κ1) is 40.3. The van der Waals surface area contributed by atoms with E-state index in [4.69, 9.17) is 0 Å². The van der Waals surface area contributed by atoms with E-state index in [1.807, 2.05) is 0 Å². The van der Waals surface area contributed by atoms with Gasteiger partial charge in [-0.25, -0.2) is 0 Å². The molecule has 0 bridgehead atoms. The Morgan fingerprint density at radius 1 is 0.345 bits per heavy atom. The van der Waals surface area contributed by atoms with Crippen LogP contribution in [0.1, 0.15) is 86.8 Å². The van der Waals surface area contributed by atoms with Crippen molar-refractivity contribution < 1.29 is 0 Å². The molecular formula is C56H60N2. The van der Waals surface area contributed by atoms with Crippen LogP contribution in [0.2, 0.25) is 0 Å². The average Bonchev–Trinajstić information content (AvgIpc) is 3.27. The molecule has 0 radical (unpaired) electrons. The molecule has 58 heavy (non-hydrogen) atoms. The predicted molar refractivity (Wildman–Crippen MR) is 252 cm³/mol. The highest BCUT2D eigenvalue weighted by Gasteiger charge is 2.20.